The van der Waals surface area contributed by atoms with Crippen molar-refractivity contribution >= 4 is 39.2 Å². The Kier molecular flexibility index (Phi) is 7.25. The summed E-state index contributed by atoms with van der Waals surface area (Å²) in [5.74, 6) is 0.362. The quantitative estimate of drug-likeness (QED) is 0.390. The van der Waals surface area contributed by atoms with E-state index in [1.54, 1.807) is 6.92 Å². The van der Waals surface area contributed by atoms with E-state index in [2.05, 4.69) is 33.5 Å². The van der Waals surface area contributed by atoms with Gasteiger partial charge in [0, 0.05) is 15.7 Å². The van der Waals surface area contributed by atoms with Crippen molar-refractivity contribution in [2.45, 2.75) is 39.7 Å². The number of esters is 1. The second kappa shape index (κ2) is 9.20. The molecule has 0 saturated heterocycles. The summed E-state index contributed by atoms with van der Waals surface area (Å²) in [6.07, 6.45) is 2.02. The topological polar surface area (TPSA) is 59.6 Å². The van der Waals surface area contributed by atoms with Gasteiger partial charge in [-0.15, -0.1) is 0 Å². The van der Waals surface area contributed by atoms with Crippen LogP contribution in [0.25, 0.3) is 0 Å². The van der Waals surface area contributed by atoms with Crippen molar-refractivity contribution in [1.82, 2.24) is 10.6 Å². The van der Waals surface area contributed by atoms with Crippen molar-refractivity contribution in [3.63, 3.8) is 0 Å². The van der Waals surface area contributed by atoms with Gasteiger partial charge in [0.1, 0.15) is 5.75 Å². The third kappa shape index (κ3) is 4.95. The maximum absolute atomic E-state index is 12.5. The highest BCUT2D eigenvalue weighted by atomic mass is 79.9. The Morgan fingerprint density at radius 3 is 2.80 bits per heavy atom. The van der Waals surface area contributed by atoms with Crippen molar-refractivity contribution in [3.8, 4) is 5.75 Å². The molecular formula is C18H23BrN2O3S. The molecule has 0 aliphatic carbocycles. The van der Waals surface area contributed by atoms with Crippen molar-refractivity contribution < 1.29 is 14.3 Å². The fraction of sp³-hybridized carbons (Fsp3) is 0.444. The Morgan fingerprint density at radius 2 is 2.12 bits per heavy atom. The van der Waals surface area contributed by atoms with E-state index >= 15 is 0 Å². The summed E-state index contributed by atoms with van der Waals surface area (Å²) >= 11 is 8.78. The predicted octanol–water partition coefficient (Wildman–Crippen LogP) is 3.98. The lowest BCUT2D eigenvalue weighted by Gasteiger charge is -2.31. The second-order valence-electron chi connectivity index (χ2n) is 5.67. The minimum Gasteiger partial charge on any atom is -0.493 e. The van der Waals surface area contributed by atoms with Gasteiger partial charge in [0.25, 0.3) is 0 Å². The molecule has 1 aromatic carbocycles. The maximum atomic E-state index is 12.5. The molecule has 0 aromatic heterocycles. The van der Waals surface area contributed by atoms with E-state index in [1.165, 1.54) is 0 Å². The van der Waals surface area contributed by atoms with Crippen LogP contribution in [0.5, 0.6) is 5.75 Å². The zero-order valence-electron chi connectivity index (χ0n) is 14.6. The van der Waals surface area contributed by atoms with Gasteiger partial charge in [-0.25, -0.2) is 4.79 Å². The molecule has 1 aromatic rings. The molecule has 5 nitrogen and oxygen atoms in total. The Labute approximate surface area is 162 Å². The summed E-state index contributed by atoms with van der Waals surface area (Å²) in [6.45, 7) is 6.66. The molecule has 2 rings (SSSR count). The normalized spacial score (nSPS) is 17.0. The molecule has 0 spiro atoms. The number of thiocarbonyl (C=S) groups is 1. The molecule has 0 amide bonds. The highest BCUT2D eigenvalue weighted by Gasteiger charge is 2.32. The van der Waals surface area contributed by atoms with Crippen LogP contribution in [-0.4, -0.2) is 24.3 Å². The van der Waals surface area contributed by atoms with Gasteiger partial charge in [0.15, 0.2) is 5.11 Å². The molecule has 1 heterocycles. The van der Waals surface area contributed by atoms with Crippen LogP contribution in [0.3, 0.4) is 0 Å². The van der Waals surface area contributed by atoms with Crippen LogP contribution >= 0.6 is 28.1 Å². The molecule has 0 fully saturated rings. The maximum Gasteiger partial charge on any atom is 0.338 e. The van der Waals surface area contributed by atoms with Crippen LogP contribution < -0.4 is 15.4 Å². The Hall–Kier alpha value is -1.60. The third-order valence-electron chi connectivity index (χ3n) is 3.80. The summed E-state index contributed by atoms with van der Waals surface area (Å²) in [6, 6.07) is 5.34. The number of carbonyl (C=O) groups is 1. The van der Waals surface area contributed by atoms with Gasteiger partial charge in [0.05, 0.1) is 24.8 Å². The number of hydrogen-bond acceptors (Lipinski definition) is 4. The van der Waals surface area contributed by atoms with E-state index < -0.39 is 6.04 Å². The molecule has 1 atom stereocenters. The molecule has 1 aliphatic rings. The van der Waals surface area contributed by atoms with Gasteiger partial charge < -0.3 is 20.1 Å². The van der Waals surface area contributed by atoms with E-state index in [0.717, 1.165) is 28.6 Å². The lowest BCUT2D eigenvalue weighted by Crippen LogP contribution is -2.45. The monoisotopic (exact) mass is 426 g/mol. The predicted molar refractivity (Wildman–Crippen MR) is 105 cm³/mol. The van der Waals surface area contributed by atoms with E-state index in [-0.39, 0.29) is 5.97 Å². The highest BCUT2D eigenvalue weighted by Crippen LogP contribution is 2.35. The van der Waals surface area contributed by atoms with Crippen LogP contribution in [0.15, 0.2) is 33.9 Å². The lowest BCUT2D eigenvalue weighted by atomic mass is 9.95. The zero-order valence-corrected chi connectivity index (χ0v) is 17.1. The first kappa shape index (κ1) is 19.7. The Morgan fingerprint density at radius 1 is 1.36 bits per heavy atom. The molecule has 25 heavy (non-hydrogen) atoms. The largest absolute Gasteiger partial charge is 0.493 e. The van der Waals surface area contributed by atoms with Gasteiger partial charge in [-0.3, -0.25) is 0 Å². The number of allylic oxidation sites excluding steroid dienone is 1. The standard InChI is InChI=1S/C18H23BrN2O3S/c1-4-6-9-24-14-8-7-12(19)10-13(14)16-15(17(22)23-5-2)11(3)20-18(25)21-16/h7-8,10,16H,4-6,9H2,1-3H3,(H2,20,21,25)/t16-/m0/s1. The minimum absolute atomic E-state index is 0.311. The van der Waals surface area contributed by atoms with E-state index in [1.807, 2.05) is 25.1 Å². The number of ether oxygens (including phenoxy) is 2. The number of benzene rings is 1. The van der Waals surface area contributed by atoms with E-state index in [0.29, 0.717) is 29.6 Å². The summed E-state index contributed by atoms with van der Waals surface area (Å²) in [4.78, 5) is 12.5. The molecule has 0 bridgehead atoms. The summed E-state index contributed by atoms with van der Waals surface area (Å²) < 4.78 is 12.1. The number of hydrogen-bond donors (Lipinski definition) is 2. The van der Waals surface area contributed by atoms with Crippen molar-refractivity contribution in [3.05, 3.63) is 39.5 Å². The summed E-state index contributed by atoms with van der Waals surface area (Å²) in [5.41, 5.74) is 2.04. The van der Waals surface area contributed by atoms with Gasteiger partial charge in [-0.1, -0.05) is 29.3 Å². The number of rotatable bonds is 7. The number of unbranched alkanes of at least 4 members (excludes halogenated alkanes) is 1. The smallest absolute Gasteiger partial charge is 0.338 e. The average Bonchev–Trinajstić information content (AvgIpc) is 2.55. The van der Waals surface area contributed by atoms with Crippen LogP contribution in [0.2, 0.25) is 0 Å². The third-order valence-corrected chi connectivity index (χ3v) is 4.52. The van der Waals surface area contributed by atoms with Crippen LogP contribution in [0.1, 0.15) is 45.2 Å². The van der Waals surface area contributed by atoms with Crippen LogP contribution in [0.4, 0.5) is 0 Å². The first-order valence-electron chi connectivity index (χ1n) is 8.35. The molecule has 0 radical (unpaired) electrons. The Bertz CT molecular complexity index is 691. The van der Waals surface area contributed by atoms with Crippen LogP contribution in [0, 0.1) is 0 Å². The van der Waals surface area contributed by atoms with Gasteiger partial charge >= 0.3 is 5.97 Å². The molecule has 2 N–H and O–H groups in total. The Balaban J connectivity index is 2.45. The first-order valence-corrected chi connectivity index (χ1v) is 9.55. The highest BCUT2D eigenvalue weighted by molar-refractivity contribution is 9.10. The first-order chi connectivity index (χ1) is 12.0. The number of carbonyl (C=O) groups excluding carboxylic acids is 1. The van der Waals surface area contributed by atoms with Crippen molar-refractivity contribution in [2.24, 2.45) is 0 Å². The van der Waals surface area contributed by atoms with Gasteiger partial charge in [-0.2, -0.15) is 0 Å². The average molecular weight is 427 g/mol. The molecular weight excluding hydrogens is 404 g/mol. The summed E-state index contributed by atoms with van der Waals surface area (Å²) in [7, 11) is 0. The minimum atomic E-state index is -0.429. The van der Waals surface area contributed by atoms with Crippen molar-refractivity contribution in [1.29, 1.82) is 0 Å². The fourth-order valence-electron chi connectivity index (χ4n) is 2.61. The molecule has 7 heteroatoms. The zero-order chi connectivity index (χ0) is 18.4. The van der Waals surface area contributed by atoms with Crippen molar-refractivity contribution in [2.75, 3.05) is 13.2 Å². The molecule has 1 aliphatic heterocycles. The lowest BCUT2D eigenvalue weighted by molar-refractivity contribution is -0.139. The molecule has 0 saturated carbocycles. The van der Waals surface area contributed by atoms with E-state index in [4.69, 9.17) is 21.7 Å². The number of halogens is 1. The second-order valence-corrected chi connectivity index (χ2v) is 7.00. The fourth-order valence-corrected chi connectivity index (χ4v) is 3.26. The number of nitrogens with one attached hydrogen (secondary N) is 2. The van der Waals surface area contributed by atoms with Crippen LogP contribution in [-0.2, 0) is 9.53 Å². The molecule has 0 unspecified atom stereocenters. The van der Waals surface area contributed by atoms with Gasteiger partial charge in [-0.05, 0) is 50.7 Å². The SMILES string of the molecule is CCCCOc1ccc(Br)cc1[C@@H]1NC(=S)NC(C)=C1C(=O)OCC. The molecule has 136 valence electrons. The van der Waals surface area contributed by atoms with E-state index in [9.17, 15) is 4.79 Å². The summed E-state index contributed by atoms with van der Waals surface area (Å²) in [5, 5.41) is 6.64. The van der Waals surface area contributed by atoms with Gasteiger partial charge in [0.2, 0.25) is 0 Å².